The van der Waals surface area contributed by atoms with E-state index in [1.54, 1.807) is 13.2 Å². The van der Waals surface area contributed by atoms with Crippen LogP contribution < -0.4 is 11.1 Å². The molecule has 0 aliphatic carbocycles. The van der Waals surface area contributed by atoms with Gasteiger partial charge in [-0.15, -0.1) is 0 Å². The second-order valence-electron chi connectivity index (χ2n) is 2.26. The maximum absolute atomic E-state index is 11.0. The second kappa shape index (κ2) is 6.58. The molecule has 0 aromatic carbocycles. The first kappa shape index (κ1) is 10.9. The van der Waals surface area contributed by atoms with Crippen molar-refractivity contribution < 1.29 is 9.53 Å². The van der Waals surface area contributed by atoms with Crippen molar-refractivity contribution in [2.45, 2.75) is 12.5 Å². The highest BCUT2D eigenvalue weighted by Crippen LogP contribution is 1.87. The predicted molar refractivity (Wildman–Crippen MR) is 43.1 cm³/mol. The first-order valence-corrected chi connectivity index (χ1v) is 3.61. The Kier molecular flexibility index (Phi) is 5.97. The van der Waals surface area contributed by atoms with Gasteiger partial charge in [-0.05, 0) is 6.42 Å². The minimum Gasteiger partial charge on any atom is -0.385 e. The number of nitrogens with one attached hydrogen (secondary N) is 1. The van der Waals surface area contributed by atoms with E-state index in [9.17, 15) is 4.79 Å². The van der Waals surface area contributed by atoms with Crippen LogP contribution in [0, 0.1) is 11.3 Å². The lowest BCUT2D eigenvalue weighted by Crippen LogP contribution is -2.41. The van der Waals surface area contributed by atoms with E-state index in [2.05, 4.69) is 5.32 Å². The molecule has 0 heterocycles. The topological polar surface area (TPSA) is 88.1 Å². The molecule has 0 spiro atoms. The Hall–Kier alpha value is -1.12. The van der Waals surface area contributed by atoms with E-state index in [-0.39, 0.29) is 12.5 Å². The molecule has 68 valence electrons. The van der Waals surface area contributed by atoms with Gasteiger partial charge < -0.3 is 15.8 Å². The maximum atomic E-state index is 11.0. The number of nitriles is 1. The van der Waals surface area contributed by atoms with Gasteiger partial charge in [-0.1, -0.05) is 0 Å². The quantitative estimate of drug-likeness (QED) is 0.519. The molecule has 0 aliphatic heterocycles. The molecule has 0 radical (unpaired) electrons. The number of carbonyl (C=O) groups is 1. The number of carbonyl (C=O) groups excluding carboxylic acids is 1. The van der Waals surface area contributed by atoms with Crippen LogP contribution in [0.3, 0.4) is 0 Å². The monoisotopic (exact) mass is 171 g/mol. The molecule has 12 heavy (non-hydrogen) atoms. The molecule has 1 amide bonds. The molecule has 0 aromatic rings. The van der Waals surface area contributed by atoms with E-state index in [1.807, 2.05) is 0 Å². The van der Waals surface area contributed by atoms with E-state index >= 15 is 0 Å². The zero-order valence-corrected chi connectivity index (χ0v) is 7.04. The third-order valence-corrected chi connectivity index (χ3v) is 1.31. The molecule has 0 aliphatic rings. The number of hydrogen-bond acceptors (Lipinski definition) is 4. The number of ether oxygens (including phenoxy) is 1. The smallest absolute Gasteiger partial charge is 0.237 e. The first-order valence-electron chi connectivity index (χ1n) is 3.61. The van der Waals surface area contributed by atoms with E-state index in [0.717, 1.165) is 0 Å². The van der Waals surface area contributed by atoms with Gasteiger partial charge in [0.15, 0.2) is 0 Å². The highest BCUT2D eigenvalue weighted by atomic mass is 16.5. The summed E-state index contributed by atoms with van der Waals surface area (Å²) >= 11 is 0. The molecule has 0 fully saturated rings. The minimum absolute atomic E-state index is 0.000481. The summed E-state index contributed by atoms with van der Waals surface area (Å²) in [6.45, 7) is 0.445. The van der Waals surface area contributed by atoms with Crippen LogP contribution in [0.1, 0.15) is 6.42 Å². The second-order valence-corrected chi connectivity index (χ2v) is 2.26. The van der Waals surface area contributed by atoms with Crippen molar-refractivity contribution in [1.29, 1.82) is 5.26 Å². The van der Waals surface area contributed by atoms with Crippen LogP contribution in [0.5, 0.6) is 0 Å². The van der Waals surface area contributed by atoms with Gasteiger partial charge in [0.25, 0.3) is 0 Å². The molecule has 0 aromatic heterocycles. The fourth-order valence-electron chi connectivity index (χ4n) is 0.634. The lowest BCUT2D eigenvalue weighted by Gasteiger charge is -2.08. The van der Waals surface area contributed by atoms with Crippen LogP contribution in [-0.2, 0) is 9.53 Å². The predicted octanol–water partition coefficient (Wildman–Crippen LogP) is -1.01. The molecule has 3 N–H and O–H groups in total. The summed E-state index contributed by atoms with van der Waals surface area (Å²) in [6.07, 6.45) is 0.466. The van der Waals surface area contributed by atoms with E-state index < -0.39 is 6.04 Å². The summed E-state index contributed by atoms with van der Waals surface area (Å²) in [5, 5.41) is 10.5. The van der Waals surface area contributed by atoms with Crippen LogP contribution in [0.2, 0.25) is 0 Å². The Morgan fingerprint density at radius 3 is 3.00 bits per heavy atom. The Morgan fingerprint density at radius 1 is 1.83 bits per heavy atom. The van der Waals surface area contributed by atoms with Gasteiger partial charge in [-0.25, -0.2) is 0 Å². The Labute approximate surface area is 71.5 Å². The molecule has 1 atom stereocenters. The maximum Gasteiger partial charge on any atom is 0.237 e. The standard InChI is InChI=1S/C7H13N3O2/c1-12-5-2-6(9)7(11)10-4-3-8/h6H,2,4-5,9H2,1H3,(H,10,11). The molecule has 0 saturated carbocycles. The summed E-state index contributed by atoms with van der Waals surface area (Å²) in [7, 11) is 1.54. The number of nitrogens with zero attached hydrogens (tertiary/aromatic N) is 1. The summed E-state index contributed by atoms with van der Waals surface area (Å²) in [5.41, 5.74) is 5.44. The van der Waals surface area contributed by atoms with Crippen LogP contribution in [0.25, 0.3) is 0 Å². The number of nitrogens with two attached hydrogens (primary N) is 1. The lowest BCUT2D eigenvalue weighted by molar-refractivity contribution is -0.122. The average Bonchev–Trinajstić information content (AvgIpc) is 2.10. The number of methoxy groups -OCH3 is 1. The number of rotatable bonds is 5. The summed E-state index contributed by atoms with van der Waals surface area (Å²) in [6, 6.07) is 1.21. The summed E-state index contributed by atoms with van der Waals surface area (Å²) in [4.78, 5) is 11.0. The van der Waals surface area contributed by atoms with Crippen LogP contribution in [0.4, 0.5) is 0 Å². The minimum atomic E-state index is -0.585. The molecular formula is C7H13N3O2. The first-order chi connectivity index (χ1) is 5.72. The highest BCUT2D eigenvalue weighted by Gasteiger charge is 2.11. The Balaban J connectivity index is 3.55. The fraction of sp³-hybridized carbons (Fsp3) is 0.714. The van der Waals surface area contributed by atoms with Crippen LogP contribution >= 0.6 is 0 Å². The molecular weight excluding hydrogens is 158 g/mol. The van der Waals surface area contributed by atoms with Crippen molar-refractivity contribution in [2.75, 3.05) is 20.3 Å². The van der Waals surface area contributed by atoms with Crippen molar-refractivity contribution in [1.82, 2.24) is 5.32 Å². The third-order valence-electron chi connectivity index (χ3n) is 1.31. The molecule has 0 rings (SSSR count). The van der Waals surface area contributed by atoms with E-state index in [4.69, 9.17) is 15.7 Å². The van der Waals surface area contributed by atoms with Gasteiger partial charge in [0.2, 0.25) is 5.91 Å². The Bertz CT molecular complexity index is 176. The normalized spacial score (nSPS) is 11.8. The molecule has 5 nitrogen and oxygen atoms in total. The van der Waals surface area contributed by atoms with Gasteiger partial charge in [-0.2, -0.15) is 5.26 Å². The molecule has 0 saturated heterocycles. The van der Waals surface area contributed by atoms with Crippen molar-refractivity contribution in [3.05, 3.63) is 0 Å². The molecule has 5 heteroatoms. The fourth-order valence-corrected chi connectivity index (χ4v) is 0.634. The molecule has 0 bridgehead atoms. The van der Waals surface area contributed by atoms with Crippen molar-refractivity contribution in [2.24, 2.45) is 5.73 Å². The van der Waals surface area contributed by atoms with Crippen molar-refractivity contribution in [3.8, 4) is 6.07 Å². The van der Waals surface area contributed by atoms with Gasteiger partial charge in [0.1, 0.15) is 6.54 Å². The van der Waals surface area contributed by atoms with Gasteiger partial charge in [-0.3, -0.25) is 4.79 Å². The average molecular weight is 171 g/mol. The Morgan fingerprint density at radius 2 is 2.50 bits per heavy atom. The van der Waals surface area contributed by atoms with Gasteiger partial charge >= 0.3 is 0 Å². The summed E-state index contributed by atoms with van der Waals surface area (Å²) in [5.74, 6) is -0.311. The molecule has 1 unspecified atom stereocenters. The van der Waals surface area contributed by atoms with Crippen molar-refractivity contribution >= 4 is 5.91 Å². The summed E-state index contributed by atoms with van der Waals surface area (Å²) < 4.78 is 4.74. The highest BCUT2D eigenvalue weighted by molar-refractivity contribution is 5.81. The number of amides is 1. The zero-order chi connectivity index (χ0) is 9.40. The van der Waals surface area contributed by atoms with Crippen LogP contribution in [-0.4, -0.2) is 32.2 Å². The van der Waals surface area contributed by atoms with E-state index in [0.29, 0.717) is 13.0 Å². The van der Waals surface area contributed by atoms with E-state index in [1.165, 1.54) is 0 Å². The van der Waals surface area contributed by atoms with Crippen LogP contribution in [0.15, 0.2) is 0 Å². The largest absolute Gasteiger partial charge is 0.385 e. The SMILES string of the molecule is COCCC(N)C(=O)NCC#N. The van der Waals surface area contributed by atoms with Crippen molar-refractivity contribution in [3.63, 3.8) is 0 Å². The number of hydrogen-bond donors (Lipinski definition) is 2. The van der Waals surface area contributed by atoms with Gasteiger partial charge in [0, 0.05) is 13.7 Å². The lowest BCUT2D eigenvalue weighted by atomic mass is 10.2. The zero-order valence-electron chi connectivity index (χ0n) is 7.04. The van der Waals surface area contributed by atoms with Gasteiger partial charge in [0.05, 0.1) is 12.1 Å². The third kappa shape index (κ3) is 4.66.